The fraction of sp³-hybridized carbons (Fsp3) is 0.500. The molecule has 2 fully saturated rings. The van der Waals surface area contributed by atoms with Gasteiger partial charge in [-0.05, 0) is 17.5 Å². The Morgan fingerprint density at radius 2 is 2.07 bits per heavy atom. The molecule has 1 aromatic carbocycles. The van der Waals surface area contributed by atoms with E-state index in [0.29, 0.717) is 26.2 Å². The van der Waals surface area contributed by atoms with E-state index >= 15 is 0 Å². The number of aromatic nitrogens is 2. The average molecular weight is 408 g/mol. The van der Waals surface area contributed by atoms with Gasteiger partial charge in [-0.25, -0.2) is 4.98 Å². The quantitative estimate of drug-likeness (QED) is 0.793. The van der Waals surface area contributed by atoms with Crippen molar-refractivity contribution < 1.29 is 23.1 Å². The van der Waals surface area contributed by atoms with Crippen molar-refractivity contribution in [3.8, 4) is 0 Å². The molecule has 0 unspecified atom stereocenters. The summed E-state index contributed by atoms with van der Waals surface area (Å²) in [6.07, 6.45) is -1.40. The fourth-order valence-corrected chi connectivity index (χ4v) is 4.66. The highest BCUT2D eigenvalue weighted by Gasteiger charge is 2.53. The summed E-state index contributed by atoms with van der Waals surface area (Å²) >= 11 is 0. The molecular formula is C20H23F3N4O2. The first-order valence-electron chi connectivity index (χ1n) is 9.54. The number of carbonyl (C=O) groups is 1. The number of carbonyl (C=O) groups excluding carboxylic acids is 1. The van der Waals surface area contributed by atoms with Crippen molar-refractivity contribution >= 4 is 5.91 Å². The number of H-pyrrole nitrogens is 1. The molecular weight excluding hydrogens is 385 g/mol. The zero-order valence-electron chi connectivity index (χ0n) is 15.8. The lowest BCUT2D eigenvalue weighted by molar-refractivity contribution is -0.138. The third-order valence-electron chi connectivity index (χ3n) is 6.11. The number of imidazole rings is 1. The van der Waals surface area contributed by atoms with E-state index in [4.69, 9.17) is 0 Å². The molecule has 2 atom stereocenters. The summed E-state index contributed by atoms with van der Waals surface area (Å²) in [5.41, 5.74) is -0.231. The Balaban J connectivity index is 1.43. The first-order chi connectivity index (χ1) is 13.8. The van der Waals surface area contributed by atoms with Gasteiger partial charge in [0.2, 0.25) is 5.91 Å². The van der Waals surface area contributed by atoms with Gasteiger partial charge in [0.15, 0.2) is 0 Å². The van der Waals surface area contributed by atoms with Gasteiger partial charge in [0, 0.05) is 50.0 Å². The topological polar surface area (TPSA) is 72.5 Å². The Labute approximate surface area is 166 Å². The zero-order valence-corrected chi connectivity index (χ0v) is 15.8. The highest BCUT2D eigenvalue weighted by molar-refractivity contribution is 5.79. The lowest BCUT2D eigenvalue weighted by Crippen LogP contribution is -2.39. The van der Waals surface area contributed by atoms with E-state index in [2.05, 4.69) is 14.9 Å². The first kappa shape index (κ1) is 19.9. The maximum Gasteiger partial charge on any atom is 0.416 e. The molecule has 0 spiro atoms. The summed E-state index contributed by atoms with van der Waals surface area (Å²) in [5.74, 6) is -0.235. The molecule has 0 aliphatic carbocycles. The van der Waals surface area contributed by atoms with Crippen molar-refractivity contribution in [2.24, 2.45) is 11.3 Å². The lowest BCUT2D eigenvalue weighted by Gasteiger charge is -2.27. The van der Waals surface area contributed by atoms with Crippen LogP contribution in [0.25, 0.3) is 0 Å². The van der Waals surface area contributed by atoms with Crippen LogP contribution >= 0.6 is 0 Å². The number of halogens is 3. The van der Waals surface area contributed by atoms with Crippen molar-refractivity contribution in [2.45, 2.75) is 19.1 Å². The van der Waals surface area contributed by atoms with Gasteiger partial charge in [-0.15, -0.1) is 0 Å². The second-order valence-electron chi connectivity index (χ2n) is 8.07. The van der Waals surface area contributed by atoms with Crippen LogP contribution in [0.15, 0.2) is 36.8 Å². The van der Waals surface area contributed by atoms with Crippen LogP contribution in [0.5, 0.6) is 0 Å². The number of nitrogens with zero attached hydrogens (tertiary/aromatic N) is 3. The number of nitrogens with one attached hydrogen (secondary N) is 1. The fourth-order valence-electron chi connectivity index (χ4n) is 4.66. The molecule has 156 valence electrons. The molecule has 2 aliphatic rings. The van der Waals surface area contributed by atoms with Crippen molar-refractivity contribution in [3.63, 3.8) is 0 Å². The van der Waals surface area contributed by atoms with Crippen LogP contribution in [0.2, 0.25) is 0 Å². The number of benzene rings is 1. The summed E-state index contributed by atoms with van der Waals surface area (Å²) in [6.45, 7) is 2.80. The Hall–Kier alpha value is -2.39. The number of likely N-dealkylation sites (tertiary alicyclic amines) is 2. The summed E-state index contributed by atoms with van der Waals surface area (Å²) in [7, 11) is 0. The molecule has 2 aromatic rings. The SMILES string of the molecule is O=C(Cc1ccccc1C(F)(F)F)N1C[C@@H]2CN(Cc3cnc[nH]3)C[C@]2(CO)C1. The highest BCUT2D eigenvalue weighted by Crippen LogP contribution is 2.43. The largest absolute Gasteiger partial charge is 0.416 e. The lowest BCUT2D eigenvalue weighted by atomic mass is 9.82. The molecule has 3 heterocycles. The van der Waals surface area contributed by atoms with E-state index < -0.39 is 17.2 Å². The summed E-state index contributed by atoms with van der Waals surface area (Å²) in [5, 5.41) is 10.1. The van der Waals surface area contributed by atoms with Crippen LogP contribution in [0.4, 0.5) is 13.2 Å². The molecule has 2 saturated heterocycles. The molecule has 2 aliphatic heterocycles. The predicted molar refractivity (Wildman–Crippen MR) is 98.6 cm³/mol. The third kappa shape index (κ3) is 3.89. The molecule has 29 heavy (non-hydrogen) atoms. The van der Waals surface area contributed by atoms with Crippen molar-refractivity contribution in [1.82, 2.24) is 19.8 Å². The molecule has 0 radical (unpaired) electrons. The number of aromatic amines is 1. The standard InChI is InChI=1S/C20H23F3N4O2/c21-20(22,23)17-4-2-1-3-14(17)5-18(29)27-8-15-7-26(9-16-6-24-13-25-16)10-19(15,11-27)12-28/h1-4,6,13,15,28H,5,7-12H2,(H,24,25)/t15-,19+/m0/s1. The number of rotatable bonds is 5. The number of fused-ring (bicyclic) bond motifs is 1. The van der Waals surface area contributed by atoms with Crippen LogP contribution < -0.4 is 0 Å². The van der Waals surface area contributed by atoms with Gasteiger partial charge in [0.05, 0.1) is 24.9 Å². The maximum absolute atomic E-state index is 13.2. The van der Waals surface area contributed by atoms with Crippen molar-refractivity contribution in [1.29, 1.82) is 0 Å². The van der Waals surface area contributed by atoms with Crippen LogP contribution in [0, 0.1) is 11.3 Å². The first-order valence-corrected chi connectivity index (χ1v) is 9.54. The average Bonchev–Trinajstić information content (AvgIpc) is 3.36. The molecule has 2 N–H and O–H groups in total. The summed E-state index contributed by atoms with van der Waals surface area (Å²) in [4.78, 5) is 23.7. The molecule has 6 nitrogen and oxygen atoms in total. The molecule has 0 bridgehead atoms. The van der Waals surface area contributed by atoms with Crippen LogP contribution in [0.3, 0.4) is 0 Å². The molecule has 0 saturated carbocycles. The number of aliphatic hydroxyl groups is 1. The zero-order chi connectivity index (χ0) is 20.6. The van der Waals surface area contributed by atoms with Crippen LogP contribution in [-0.2, 0) is 23.9 Å². The Morgan fingerprint density at radius 3 is 2.72 bits per heavy atom. The second-order valence-corrected chi connectivity index (χ2v) is 8.07. The van der Waals surface area contributed by atoms with E-state index in [1.807, 2.05) is 0 Å². The van der Waals surface area contributed by atoms with Crippen molar-refractivity contribution in [2.75, 3.05) is 32.8 Å². The van der Waals surface area contributed by atoms with E-state index in [1.165, 1.54) is 18.2 Å². The van der Waals surface area contributed by atoms with Gasteiger partial charge in [0.25, 0.3) is 0 Å². The Bertz CT molecular complexity index is 871. The van der Waals surface area contributed by atoms with Gasteiger partial charge in [0.1, 0.15) is 0 Å². The van der Waals surface area contributed by atoms with E-state index in [9.17, 15) is 23.1 Å². The van der Waals surface area contributed by atoms with E-state index in [0.717, 1.165) is 18.3 Å². The minimum Gasteiger partial charge on any atom is -0.396 e. The monoisotopic (exact) mass is 408 g/mol. The van der Waals surface area contributed by atoms with Gasteiger partial charge in [-0.1, -0.05) is 18.2 Å². The number of aliphatic hydroxyl groups excluding tert-OH is 1. The summed E-state index contributed by atoms with van der Waals surface area (Å²) < 4.78 is 39.6. The third-order valence-corrected chi connectivity index (χ3v) is 6.11. The second kappa shape index (κ2) is 7.46. The van der Waals surface area contributed by atoms with Gasteiger partial charge in [-0.3, -0.25) is 9.69 Å². The Morgan fingerprint density at radius 1 is 1.28 bits per heavy atom. The number of hydrogen-bond donors (Lipinski definition) is 2. The van der Waals surface area contributed by atoms with E-state index in [-0.39, 0.29) is 30.4 Å². The number of hydrogen-bond acceptors (Lipinski definition) is 4. The molecule has 1 aromatic heterocycles. The number of amides is 1. The predicted octanol–water partition coefficient (Wildman–Crippen LogP) is 1.92. The van der Waals surface area contributed by atoms with Crippen molar-refractivity contribution in [3.05, 3.63) is 53.6 Å². The van der Waals surface area contributed by atoms with Gasteiger partial charge in [-0.2, -0.15) is 13.2 Å². The Kier molecular flexibility index (Phi) is 5.12. The van der Waals surface area contributed by atoms with Crippen LogP contribution in [-0.4, -0.2) is 63.6 Å². The van der Waals surface area contributed by atoms with E-state index in [1.54, 1.807) is 17.4 Å². The smallest absolute Gasteiger partial charge is 0.396 e. The minimum atomic E-state index is -4.49. The normalized spacial score (nSPS) is 24.8. The summed E-state index contributed by atoms with van der Waals surface area (Å²) in [6, 6.07) is 5.20. The minimum absolute atomic E-state index is 0.0130. The van der Waals surface area contributed by atoms with Gasteiger partial charge >= 0.3 is 6.18 Å². The van der Waals surface area contributed by atoms with Crippen LogP contribution in [0.1, 0.15) is 16.8 Å². The molecule has 9 heteroatoms. The molecule has 4 rings (SSSR count). The van der Waals surface area contributed by atoms with Gasteiger partial charge < -0.3 is 15.0 Å². The molecule has 1 amide bonds. The number of alkyl halides is 3. The maximum atomic E-state index is 13.2. The highest BCUT2D eigenvalue weighted by atomic mass is 19.4.